The van der Waals surface area contributed by atoms with Crippen molar-refractivity contribution in [1.82, 2.24) is 9.97 Å². The lowest BCUT2D eigenvalue weighted by molar-refractivity contribution is 0.449. The molecule has 0 aliphatic heterocycles. The van der Waals surface area contributed by atoms with E-state index in [1.807, 2.05) is 13.8 Å². The van der Waals surface area contributed by atoms with Crippen LogP contribution in [0.25, 0.3) is 0 Å². The maximum Gasteiger partial charge on any atom is 0.196 e. The van der Waals surface area contributed by atoms with Gasteiger partial charge in [0.2, 0.25) is 0 Å². The minimum atomic E-state index is -1.54. The predicted molar refractivity (Wildman–Crippen MR) is 73.5 cm³/mol. The number of nitrogens with zero attached hydrogens (tertiary/aromatic N) is 2. The fourth-order valence-corrected chi connectivity index (χ4v) is 1.91. The van der Waals surface area contributed by atoms with Gasteiger partial charge >= 0.3 is 0 Å². The van der Waals surface area contributed by atoms with Gasteiger partial charge in [0.05, 0.1) is 5.69 Å². The van der Waals surface area contributed by atoms with Crippen LogP contribution in [0.1, 0.15) is 25.3 Å². The Balaban J connectivity index is 2.47. The highest BCUT2D eigenvalue weighted by atomic mass is 19.2. The first-order valence-corrected chi connectivity index (χ1v) is 6.17. The van der Waals surface area contributed by atoms with E-state index in [4.69, 9.17) is 5.84 Å². The Kier molecular flexibility index (Phi) is 4.27. The van der Waals surface area contributed by atoms with Gasteiger partial charge in [-0.25, -0.2) is 29.0 Å². The predicted octanol–water partition coefficient (Wildman–Crippen LogP) is 3.05. The number of nitrogens with one attached hydrogen (secondary N) is 2. The molecule has 2 aromatic rings. The van der Waals surface area contributed by atoms with Gasteiger partial charge in [-0.2, -0.15) is 0 Å². The molecule has 112 valence electrons. The van der Waals surface area contributed by atoms with E-state index in [9.17, 15) is 13.2 Å². The first-order valence-electron chi connectivity index (χ1n) is 6.17. The van der Waals surface area contributed by atoms with Crippen molar-refractivity contribution < 1.29 is 13.2 Å². The van der Waals surface area contributed by atoms with Gasteiger partial charge in [-0.3, -0.25) is 0 Å². The standard InChI is InChI=1S/C13H14F3N5/c1-6(2)9-12(18-5-19-13(9)21-17)20-8-4-3-7(14)10(15)11(8)16/h3-6H,17H2,1-2H3,(H2,18,19,20,21). The highest BCUT2D eigenvalue weighted by Gasteiger charge is 2.18. The van der Waals surface area contributed by atoms with E-state index in [-0.39, 0.29) is 17.4 Å². The lowest BCUT2D eigenvalue weighted by Gasteiger charge is -2.16. The van der Waals surface area contributed by atoms with Crippen molar-refractivity contribution in [3.8, 4) is 0 Å². The lowest BCUT2D eigenvalue weighted by atomic mass is 10.0. The average Bonchev–Trinajstić information content (AvgIpc) is 2.47. The third-order valence-electron chi connectivity index (χ3n) is 2.89. The van der Waals surface area contributed by atoms with E-state index in [0.29, 0.717) is 11.4 Å². The van der Waals surface area contributed by atoms with Crippen molar-refractivity contribution in [3.63, 3.8) is 0 Å². The molecule has 8 heteroatoms. The van der Waals surface area contributed by atoms with Crippen molar-refractivity contribution in [2.45, 2.75) is 19.8 Å². The van der Waals surface area contributed by atoms with Crippen LogP contribution in [-0.4, -0.2) is 9.97 Å². The smallest absolute Gasteiger partial charge is 0.196 e. The van der Waals surface area contributed by atoms with Crippen molar-refractivity contribution in [3.05, 3.63) is 41.5 Å². The van der Waals surface area contributed by atoms with Crippen LogP contribution >= 0.6 is 0 Å². The number of nitrogen functional groups attached to an aromatic ring is 1. The maximum absolute atomic E-state index is 13.7. The number of anilines is 3. The Morgan fingerprint density at radius 3 is 2.33 bits per heavy atom. The monoisotopic (exact) mass is 297 g/mol. The molecule has 0 atom stereocenters. The van der Waals surface area contributed by atoms with E-state index < -0.39 is 17.5 Å². The second-order valence-corrected chi connectivity index (χ2v) is 4.63. The molecule has 0 saturated carbocycles. The number of hydrogen-bond acceptors (Lipinski definition) is 5. The highest BCUT2D eigenvalue weighted by Crippen LogP contribution is 2.31. The third-order valence-corrected chi connectivity index (χ3v) is 2.89. The molecule has 0 aliphatic rings. The summed E-state index contributed by atoms with van der Waals surface area (Å²) >= 11 is 0. The lowest BCUT2D eigenvalue weighted by Crippen LogP contribution is -2.14. The number of aromatic nitrogens is 2. The summed E-state index contributed by atoms with van der Waals surface area (Å²) in [4.78, 5) is 7.96. The molecular formula is C13H14F3N5. The molecule has 1 heterocycles. The van der Waals surface area contributed by atoms with Crippen molar-refractivity contribution in [2.24, 2.45) is 5.84 Å². The molecule has 1 aromatic carbocycles. The fourth-order valence-electron chi connectivity index (χ4n) is 1.91. The molecule has 0 saturated heterocycles. The van der Waals surface area contributed by atoms with E-state index in [2.05, 4.69) is 20.7 Å². The zero-order valence-corrected chi connectivity index (χ0v) is 11.4. The van der Waals surface area contributed by atoms with Crippen LogP contribution in [0.4, 0.5) is 30.5 Å². The van der Waals surface area contributed by atoms with Gasteiger partial charge in [0.15, 0.2) is 17.5 Å². The maximum atomic E-state index is 13.7. The van der Waals surface area contributed by atoms with Gasteiger partial charge in [0, 0.05) is 5.56 Å². The second-order valence-electron chi connectivity index (χ2n) is 4.63. The fraction of sp³-hybridized carbons (Fsp3) is 0.231. The molecule has 0 spiro atoms. The van der Waals surface area contributed by atoms with Crippen LogP contribution in [0.2, 0.25) is 0 Å². The van der Waals surface area contributed by atoms with Gasteiger partial charge in [-0.05, 0) is 18.1 Å². The summed E-state index contributed by atoms with van der Waals surface area (Å²) in [5.41, 5.74) is 2.80. The van der Waals surface area contributed by atoms with Gasteiger partial charge in [0.1, 0.15) is 18.0 Å². The average molecular weight is 297 g/mol. The summed E-state index contributed by atoms with van der Waals surface area (Å²) in [6.07, 6.45) is 1.22. The molecule has 0 radical (unpaired) electrons. The molecule has 21 heavy (non-hydrogen) atoms. The highest BCUT2D eigenvalue weighted by molar-refractivity contribution is 5.66. The molecule has 0 bridgehead atoms. The summed E-state index contributed by atoms with van der Waals surface area (Å²) in [6.45, 7) is 3.73. The normalized spacial score (nSPS) is 10.8. The Bertz CT molecular complexity index is 660. The molecule has 1 aromatic heterocycles. The van der Waals surface area contributed by atoms with Crippen molar-refractivity contribution >= 4 is 17.3 Å². The van der Waals surface area contributed by atoms with Crippen LogP contribution in [0.3, 0.4) is 0 Å². The molecule has 0 fully saturated rings. The number of nitrogens with two attached hydrogens (primary N) is 1. The molecule has 5 nitrogen and oxygen atoms in total. The van der Waals surface area contributed by atoms with Crippen molar-refractivity contribution in [1.29, 1.82) is 0 Å². The van der Waals surface area contributed by atoms with Crippen LogP contribution in [-0.2, 0) is 0 Å². The van der Waals surface area contributed by atoms with Gasteiger partial charge in [0.25, 0.3) is 0 Å². The number of benzene rings is 1. The third kappa shape index (κ3) is 2.89. The summed E-state index contributed by atoms with van der Waals surface area (Å²) in [5.74, 6) is 1.85. The van der Waals surface area contributed by atoms with Gasteiger partial charge in [-0.1, -0.05) is 13.8 Å². The number of halogens is 3. The molecule has 0 unspecified atom stereocenters. The van der Waals surface area contributed by atoms with Gasteiger partial charge in [-0.15, -0.1) is 0 Å². The van der Waals surface area contributed by atoms with Crippen LogP contribution in [0.15, 0.2) is 18.5 Å². The molecule has 0 aliphatic carbocycles. The Labute approximate surface area is 119 Å². The zero-order chi connectivity index (χ0) is 15.6. The molecule has 4 N–H and O–H groups in total. The quantitative estimate of drug-likeness (QED) is 0.459. The van der Waals surface area contributed by atoms with Gasteiger partial charge < -0.3 is 10.7 Å². The summed E-state index contributed by atoms with van der Waals surface area (Å²) in [5, 5.41) is 2.64. The SMILES string of the molecule is CC(C)c1c(NN)ncnc1Nc1ccc(F)c(F)c1F. The summed E-state index contributed by atoms with van der Waals surface area (Å²) < 4.78 is 39.9. The van der Waals surface area contributed by atoms with E-state index in [1.54, 1.807) is 0 Å². The van der Waals surface area contributed by atoms with E-state index in [0.717, 1.165) is 12.1 Å². The minimum Gasteiger partial charge on any atom is -0.337 e. The van der Waals surface area contributed by atoms with E-state index >= 15 is 0 Å². The molecular weight excluding hydrogens is 283 g/mol. The Morgan fingerprint density at radius 2 is 1.71 bits per heavy atom. The summed E-state index contributed by atoms with van der Waals surface area (Å²) in [7, 11) is 0. The Morgan fingerprint density at radius 1 is 1.05 bits per heavy atom. The Hall–Kier alpha value is -2.35. The largest absolute Gasteiger partial charge is 0.337 e. The minimum absolute atomic E-state index is 0.0342. The van der Waals surface area contributed by atoms with Crippen LogP contribution in [0.5, 0.6) is 0 Å². The first-order chi connectivity index (χ1) is 9.95. The number of hydrogen-bond donors (Lipinski definition) is 3. The van der Waals surface area contributed by atoms with Crippen LogP contribution < -0.4 is 16.6 Å². The van der Waals surface area contributed by atoms with E-state index in [1.165, 1.54) is 6.33 Å². The number of hydrazine groups is 1. The zero-order valence-electron chi connectivity index (χ0n) is 11.4. The van der Waals surface area contributed by atoms with Crippen molar-refractivity contribution in [2.75, 3.05) is 10.7 Å². The summed E-state index contributed by atoms with van der Waals surface area (Å²) in [6, 6.07) is 1.93. The first kappa shape index (κ1) is 15.0. The van der Waals surface area contributed by atoms with Crippen LogP contribution in [0, 0.1) is 17.5 Å². The second kappa shape index (κ2) is 5.96. The molecule has 0 amide bonds. The topological polar surface area (TPSA) is 75.9 Å². The molecule has 2 rings (SSSR count). The number of rotatable bonds is 4.